The van der Waals surface area contributed by atoms with Crippen LogP contribution in [0.5, 0.6) is 0 Å². The molecule has 0 atom stereocenters. The highest BCUT2D eigenvalue weighted by Gasteiger charge is 2.07. The number of thiazole rings is 1. The van der Waals surface area contributed by atoms with Gasteiger partial charge < -0.3 is 15.1 Å². The van der Waals surface area contributed by atoms with Crippen molar-refractivity contribution in [2.45, 2.75) is 40.3 Å². The van der Waals surface area contributed by atoms with E-state index in [0.29, 0.717) is 19.0 Å². The summed E-state index contributed by atoms with van der Waals surface area (Å²) in [7, 11) is 0. The number of benzene rings is 1. The van der Waals surface area contributed by atoms with E-state index in [9.17, 15) is 0 Å². The van der Waals surface area contributed by atoms with Crippen LogP contribution in [0.2, 0.25) is 0 Å². The van der Waals surface area contributed by atoms with Gasteiger partial charge >= 0.3 is 0 Å². The largest absolute Gasteiger partial charge is 0.444 e. The molecule has 0 aliphatic carbocycles. The average molecular weight is 384 g/mol. The van der Waals surface area contributed by atoms with Gasteiger partial charge in [0.05, 0.1) is 13.1 Å². The number of aromatic nitrogens is 2. The third kappa shape index (κ3) is 5.40. The second-order valence-electron chi connectivity index (χ2n) is 6.13. The molecule has 27 heavy (non-hydrogen) atoms. The molecule has 0 saturated carbocycles. The fourth-order valence-corrected chi connectivity index (χ4v) is 3.26. The van der Waals surface area contributed by atoms with Crippen molar-refractivity contribution in [3.63, 3.8) is 0 Å². The van der Waals surface area contributed by atoms with E-state index in [0.717, 1.165) is 35.2 Å². The minimum absolute atomic E-state index is 0.447. The maximum absolute atomic E-state index is 5.60. The second-order valence-corrected chi connectivity index (χ2v) is 7.33. The van der Waals surface area contributed by atoms with E-state index in [1.54, 1.807) is 17.6 Å². The van der Waals surface area contributed by atoms with E-state index in [2.05, 4.69) is 39.4 Å². The molecule has 6 nitrogen and oxygen atoms in total. The van der Waals surface area contributed by atoms with Gasteiger partial charge in [0.2, 0.25) is 5.89 Å². The third-order valence-electron chi connectivity index (χ3n) is 3.95. The Morgan fingerprint density at radius 2 is 2.00 bits per heavy atom. The van der Waals surface area contributed by atoms with Crippen LogP contribution in [0.1, 0.15) is 35.0 Å². The van der Waals surface area contributed by atoms with Gasteiger partial charge in [-0.25, -0.2) is 15.0 Å². The summed E-state index contributed by atoms with van der Waals surface area (Å²) in [6.07, 6.45) is 4.62. The molecular weight excluding hydrogens is 358 g/mol. The Kier molecular flexibility index (Phi) is 6.59. The molecule has 7 heteroatoms. The van der Waals surface area contributed by atoms with Crippen molar-refractivity contribution in [1.29, 1.82) is 0 Å². The van der Waals surface area contributed by atoms with Gasteiger partial charge in [0.25, 0.3) is 0 Å². The molecule has 0 bridgehead atoms. The number of aliphatic imine (C=N–C) groups is 1. The zero-order valence-corrected chi connectivity index (χ0v) is 16.8. The van der Waals surface area contributed by atoms with Crippen LogP contribution in [0.15, 0.2) is 46.1 Å². The first-order valence-corrected chi connectivity index (χ1v) is 9.96. The average Bonchev–Trinajstić information content (AvgIpc) is 3.34. The Morgan fingerprint density at radius 3 is 2.70 bits per heavy atom. The summed E-state index contributed by atoms with van der Waals surface area (Å²) in [5, 5.41) is 7.62. The Labute approximate surface area is 163 Å². The molecule has 0 fully saturated rings. The first kappa shape index (κ1) is 19.1. The molecule has 0 spiro atoms. The lowest BCUT2D eigenvalue weighted by Crippen LogP contribution is -2.36. The molecule has 2 aromatic heterocycles. The molecule has 0 radical (unpaired) electrons. The maximum atomic E-state index is 5.60. The van der Waals surface area contributed by atoms with Gasteiger partial charge in [-0.2, -0.15) is 0 Å². The summed E-state index contributed by atoms with van der Waals surface area (Å²) in [4.78, 5) is 14.8. The van der Waals surface area contributed by atoms with E-state index < -0.39 is 0 Å². The van der Waals surface area contributed by atoms with Gasteiger partial charge in [-0.05, 0) is 32.4 Å². The molecule has 0 amide bonds. The topological polar surface area (TPSA) is 75.3 Å². The zero-order chi connectivity index (χ0) is 19.1. The van der Waals surface area contributed by atoms with Crippen LogP contribution >= 0.6 is 11.3 Å². The maximum Gasteiger partial charge on any atom is 0.226 e. The number of aryl methyl sites for hydroxylation is 2. The summed E-state index contributed by atoms with van der Waals surface area (Å²) >= 11 is 1.73. The summed E-state index contributed by atoms with van der Waals surface area (Å²) in [5.41, 5.74) is 2.98. The lowest BCUT2D eigenvalue weighted by atomic mass is 10.1. The van der Waals surface area contributed by atoms with Gasteiger partial charge in [0, 0.05) is 23.2 Å². The van der Waals surface area contributed by atoms with E-state index in [1.807, 2.05) is 37.4 Å². The normalized spacial score (nSPS) is 11.6. The second kappa shape index (κ2) is 9.32. The van der Waals surface area contributed by atoms with Crippen LogP contribution in [-0.4, -0.2) is 22.5 Å². The quantitative estimate of drug-likeness (QED) is 0.478. The van der Waals surface area contributed by atoms with Gasteiger partial charge in [0.15, 0.2) is 5.96 Å². The summed E-state index contributed by atoms with van der Waals surface area (Å²) < 4.78 is 5.60. The van der Waals surface area contributed by atoms with Crippen molar-refractivity contribution >= 4 is 17.3 Å². The summed E-state index contributed by atoms with van der Waals surface area (Å²) in [5.74, 6) is 1.36. The molecule has 0 saturated heterocycles. The number of guanidine groups is 1. The molecule has 2 heterocycles. The van der Waals surface area contributed by atoms with Gasteiger partial charge in [-0.15, -0.1) is 11.3 Å². The van der Waals surface area contributed by atoms with Crippen molar-refractivity contribution in [2.75, 3.05) is 6.54 Å². The predicted molar refractivity (Wildman–Crippen MR) is 110 cm³/mol. The van der Waals surface area contributed by atoms with Crippen LogP contribution in [0.25, 0.3) is 11.5 Å². The SMILES string of the molecule is CCNC(=NCc1coc(-c2ccc(C)cc2)n1)NCc1ncc(CC)s1. The Morgan fingerprint density at radius 1 is 1.19 bits per heavy atom. The minimum atomic E-state index is 0.447. The highest BCUT2D eigenvalue weighted by molar-refractivity contribution is 7.11. The number of hydrogen-bond acceptors (Lipinski definition) is 5. The predicted octanol–water partition coefficient (Wildman–Crippen LogP) is 3.92. The number of rotatable bonds is 7. The van der Waals surface area contributed by atoms with Crippen molar-refractivity contribution in [3.8, 4) is 11.5 Å². The molecule has 1 aromatic carbocycles. The lowest BCUT2D eigenvalue weighted by Gasteiger charge is -2.09. The highest BCUT2D eigenvalue weighted by Crippen LogP contribution is 2.19. The standard InChI is InChI=1S/C20H25N5OS/c1-4-17-11-22-18(27-17)12-24-20(21-5-2)23-10-16-13-26-19(25-16)15-8-6-14(3)7-9-15/h6-9,11,13H,4-5,10,12H2,1-3H3,(H2,21,23,24). The van der Waals surface area contributed by atoms with Crippen molar-refractivity contribution in [2.24, 2.45) is 4.99 Å². The molecule has 3 aromatic rings. The number of nitrogens with zero attached hydrogens (tertiary/aromatic N) is 3. The van der Waals surface area contributed by atoms with E-state index >= 15 is 0 Å². The van der Waals surface area contributed by atoms with Crippen LogP contribution < -0.4 is 10.6 Å². The number of oxazole rings is 1. The van der Waals surface area contributed by atoms with Crippen molar-refractivity contribution in [1.82, 2.24) is 20.6 Å². The van der Waals surface area contributed by atoms with Crippen LogP contribution in [0.3, 0.4) is 0 Å². The van der Waals surface area contributed by atoms with Gasteiger partial charge in [0.1, 0.15) is 17.0 Å². The first-order chi connectivity index (χ1) is 13.2. The summed E-state index contributed by atoms with van der Waals surface area (Å²) in [6, 6.07) is 8.12. The van der Waals surface area contributed by atoms with Crippen LogP contribution in [0.4, 0.5) is 0 Å². The molecule has 2 N–H and O–H groups in total. The molecule has 142 valence electrons. The van der Waals surface area contributed by atoms with Crippen LogP contribution in [0, 0.1) is 6.92 Å². The molecule has 0 aliphatic heterocycles. The molecule has 0 unspecified atom stereocenters. The molecular formula is C20H25N5OS. The van der Waals surface area contributed by atoms with Crippen molar-refractivity contribution in [3.05, 3.63) is 57.9 Å². The Hall–Kier alpha value is -2.67. The van der Waals surface area contributed by atoms with Crippen molar-refractivity contribution < 1.29 is 4.42 Å². The smallest absolute Gasteiger partial charge is 0.226 e. The van der Waals surface area contributed by atoms with Gasteiger partial charge in [-0.3, -0.25) is 0 Å². The molecule has 3 rings (SSSR count). The highest BCUT2D eigenvalue weighted by atomic mass is 32.1. The van der Waals surface area contributed by atoms with E-state index in [-0.39, 0.29) is 0 Å². The first-order valence-electron chi connectivity index (χ1n) is 9.15. The number of nitrogens with one attached hydrogen (secondary N) is 2. The molecule has 0 aliphatic rings. The van der Waals surface area contributed by atoms with E-state index in [4.69, 9.17) is 4.42 Å². The number of hydrogen-bond donors (Lipinski definition) is 2. The van der Waals surface area contributed by atoms with Crippen LogP contribution in [-0.2, 0) is 19.5 Å². The zero-order valence-electron chi connectivity index (χ0n) is 16.0. The monoisotopic (exact) mass is 383 g/mol. The summed E-state index contributed by atoms with van der Waals surface area (Å²) in [6.45, 7) is 8.13. The lowest BCUT2D eigenvalue weighted by molar-refractivity contribution is 0.572. The Balaban J connectivity index is 1.61. The van der Waals surface area contributed by atoms with Gasteiger partial charge in [-0.1, -0.05) is 24.6 Å². The third-order valence-corrected chi connectivity index (χ3v) is 5.09. The van der Waals surface area contributed by atoms with E-state index in [1.165, 1.54) is 10.4 Å². The fourth-order valence-electron chi connectivity index (χ4n) is 2.46. The Bertz CT molecular complexity index is 882. The fraction of sp³-hybridized carbons (Fsp3) is 0.350. The minimum Gasteiger partial charge on any atom is -0.444 e.